The Labute approximate surface area is 206 Å². The maximum atomic E-state index is 12.6. The average molecular weight is 471 g/mol. The number of fused-ring (bicyclic) bond motifs is 2. The zero-order chi connectivity index (χ0) is 24.2. The molecule has 1 amide bonds. The lowest BCUT2D eigenvalue weighted by atomic mass is 10.0. The molecular weight excluding hydrogens is 436 g/mol. The molecule has 0 saturated carbocycles. The number of nitrogens with zero attached hydrogens (tertiary/aromatic N) is 2. The second-order valence-electron chi connectivity index (χ2n) is 9.40. The largest absolute Gasteiger partial charge is 0.492 e. The third-order valence-corrected chi connectivity index (χ3v) is 7.07. The first kappa shape index (κ1) is 23.4. The molecule has 0 radical (unpaired) electrons. The zero-order valence-electron chi connectivity index (χ0n) is 20.6. The van der Waals surface area contributed by atoms with Crippen LogP contribution in [0.2, 0.25) is 0 Å². The van der Waals surface area contributed by atoms with Gasteiger partial charge in [0, 0.05) is 29.1 Å². The molecule has 6 heteroatoms. The molecule has 0 bridgehead atoms. The molecule has 3 aromatic carbocycles. The molecule has 2 heterocycles. The highest BCUT2D eigenvalue weighted by Crippen LogP contribution is 2.31. The Morgan fingerprint density at radius 1 is 1.11 bits per heavy atom. The molecule has 1 saturated heterocycles. The zero-order valence-corrected chi connectivity index (χ0v) is 20.6. The Bertz CT molecular complexity index is 1330. The van der Waals surface area contributed by atoms with Crippen LogP contribution in [0.5, 0.6) is 5.75 Å². The van der Waals surface area contributed by atoms with Gasteiger partial charge in [-0.15, -0.1) is 0 Å². The summed E-state index contributed by atoms with van der Waals surface area (Å²) < 4.78 is 6.16. The summed E-state index contributed by atoms with van der Waals surface area (Å²) >= 11 is 0. The van der Waals surface area contributed by atoms with Crippen molar-refractivity contribution in [3.05, 3.63) is 60.2 Å². The number of ether oxygens (including phenoxy) is 1. The van der Waals surface area contributed by atoms with Gasteiger partial charge in [-0.05, 0) is 79.5 Å². The Kier molecular flexibility index (Phi) is 7.00. The molecule has 6 nitrogen and oxygen atoms in total. The van der Waals surface area contributed by atoms with Gasteiger partial charge in [-0.3, -0.25) is 14.8 Å². The number of likely N-dealkylation sites (tertiary alicyclic amines) is 1. The molecule has 1 unspecified atom stereocenters. The number of hydrogen-bond acceptors (Lipinski definition) is 4. The number of likely N-dealkylation sites (N-methyl/N-ethyl adjacent to an activating group) is 1. The van der Waals surface area contributed by atoms with Crippen LogP contribution in [0.4, 0.5) is 0 Å². The van der Waals surface area contributed by atoms with E-state index < -0.39 is 0 Å². The maximum Gasteiger partial charge on any atom is 0.251 e. The predicted octanol–water partition coefficient (Wildman–Crippen LogP) is 5.78. The number of aromatic amines is 1. The second kappa shape index (κ2) is 10.5. The standard InChI is InChI=1S/C29H34N4O2/c1-3-5-14-30-29(34)23-11-13-27-26(18-23)28(32-31-27)22-9-8-21-17-25(12-10-20(21)16-22)35-19-24-7-6-15-33(24)4-2/h8-13,16-18,24H,3-7,14-15,19H2,1-2H3,(H,30,34)(H,31,32). The highest BCUT2D eigenvalue weighted by molar-refractivity contribution is 6.02. The number of H-pyrrole nitrogens is 1. The summed E-state index contributed by atoms with van der Waals surface area (Å²) in [5.74, 6) is 0.871. The smallest absolute Gasteiger partial charge is 0.251 e. The van der Waals surface area contributed by atoms with Crippen LogP contribution < -0.4 is 10.1 Å². The third-order valence-electron chi connectivity index (χ3n) is 7.07. The lowest BCUT2D eigenvalue weighted by Gasteiger charge is -2.22. The van der Waals surface area contributed by atoms with E-state index in [-0.39, 0.29) is 5.91 Å². The van der Waals surface area contributed by atoms with Gasteiger partial charge in [0.05, 0.1) is 11.2 Å². The van der Waals surface area contributed by atoms with Gasteiger partial charge in [-0.1, -0.05) is 38.5 Å². The minimum atomic E-state index is -0.0433. The lowest BCUT2D eigenvalue weighted by Crippen LogP contribution is -2.33. The minimum Gasteiger partial charge on any atom is -0.492 e. The molecule has 1 atom stereocenters. The third kappa shape index (κ3) is 5.03. The van der Waals surface area contributed by atoms with Gasteiger partial charge in [0.25, 0.3) is 5.91 Å². The quantitative estimate of drug-likeness (QED) is 0.304. The maximum absolute atomic E-state index is 12.6. The van der Waals surface area contributed by atoms with Crippen LogP contribution >= 0.6 is 0 Å². The van der Waals surface area contributed by atoms with Crippen molar-refractivity contribution in [1.29, 1.82) is 0 Å². The van der Waals surface area contributed by atoms with Crippen molar-refractivity contribution >= 4 is 27.6 Å². The number of rotatable bonds is 9. The first-order valence-electron chi connectivity index (χ1n) is 12.8. The molecule has 182 valence electrons. The summed E-state index contributed by atoms with van der Waals surface area (Å²) in [6.45, 7) is 8.03. The van der Waals surface area contributed by atoms with Crippen LogP contribution in [-0.4, -0.2) is 53.3 Å². The monoisotopic (exact) mass is 470 g/mol. The summed E-state index contributed by atoms with van der Waals surface area (Å²) in [4.78, 5) is 15.1. The molecular formula is C29H34N4O2. The Hall–Kier alpha value is -3.38. The van der Waals surface area contributed by atoms with Crippen LogP contribution in [0.1, 0.15) is 49.9 Å². The van der Waals surface area contributed by atoms with E-state index in [1.807, 2.05) is 18.2 Å². The van der Waals surface area contributed by atoms with E-state index in [4.69, 9.17) is 4.74 Å². The first-order valence-corrected chi connectivity index (χ1v) is 12.8. The van der Waals surface area contributed by atoms with Crippen molar-refractivity contribution < 1.29 is 9.53 Å². The highest BCUT2D eigenvalue weighted by atomic mass is 16.5. The van der Waals surface area contributed by atoms with Crippen molar-refractivity contribution in [2.45, 2.75) is 45.6 Å². The van der Waals surface area contributed by atoms with Crippen molar-refractivity contribution in [1.82, 2.24) is 20.4 Å². The van der Waals surface area contributed by atoms with E-state index >= 15 is 0 Å². The normalized spacial score (nSPS) is 16.2. The van der Waals surface area contributed by atoms with Crippen LogP contribution in [0.15, 0.2) is 54.6 Å². The Morgan fingerprint density at radius 3 is 2.83 bits per heavy atom. The number of carbonyl (C=O) groups excluding carboxylic acids is 1. The number of aromatic nitrogens is 2. The number of hydrogen-bond donors (Lipinski definition) is 2. The summed E-state index contributed by atoms with van der Waals surface area (Å²) in [6.07, 6.45) is 4.51. The van der Waals surface area contributed by atoms with Gasteiger partial charge in [-0.25, -0.2) is 0 Å². The van der Waals surface area contributed by atoms with Gasteiger partial charge < -0.3 is 10.1 Å². The van der Waals surface area contributed by atoms with E-state index in [0.29, 0.717) is 18.2 Å². The minimum absolute atomic E-state index is 0.0433. The summed E-state index contributed by atoms with van der Waals surface area (Å²) in [7, 11) is 0. The summed E-state index contributed by atoms with van der Waals surface area (Å²) in [6, 6.07) is 18.9. The number of amides is 1. The van der Waals surface area contributed by atoms with E-state index in [1.54, 1.807) is 0 Å². The van der Waals surface area contributed by atoms with Crippen LogP contribution in [0.3, 0.4) is 0 Å². The first-order chi connectivity index (χ1) is 17.2. The van der Waals surface area contributed by atoms with Crippen LogP contribution in [0.25, 0.3) is 32.9 Å². The van der Waals surface area contributed by atoms with Crippen molar-refractivity contribution in [3.8, 4) is 17.0 Å². The molecule has 1 fully saturated rings. The summed E-state index contributed by atoms with van der Waals surface area (Å²) in [5, 5.41) is 13.9. The van der Waals surface area contributed by atoms with Gasteiger partial charge in [0.15, 0.2) is 0 Å². The van der Waals surface area contributed by atoms with Gasteiger partial charge >= 0.3 is 0 Å². The molecule has 1 aliphatic heterocycles. The lowest BCUT2D eigenvalue weighted by molar-refractivity contribution is 0.0953. The van der Waals surface area contributed by atoms with Crippen LogP contribution in [-0.2, 0) is 0 Å². The molecule has 0 spiro atoms. The van der Waals surface area contributed by atoms with Crippen molar-refractivity contribution in [2.24, 2.45) is 0 Å². The molecule has 1 aliphatic rings. The Morgan fingerprint density at radius 2 is 1.97 bits per heavy atom. The molecule has 35 heavy (non-hydrogen) atoms. The van der Waals surface area contributed by atoms with Gasteiger partial charge in [-0.2, -0.15) is 5.10 Å². The van der Waals surface area contributed by atoms with E-state index in [1.165, 1.54) is 19.4 Å². The molecule has 0 aliphatic carbocycles. The highest BCUT2D eigenvalue weighted by Gasteiger charge is 2.23. The fourth-order valence-corrected chi connectivity index (χ4v) is 5.01. The second-order valence-corrected chi connectivity index (χ2v) is 9.40. The van der Waals surface area contributed by atoms with Gasteiger partial charge in [0.1, 0.15) is 12.4 Å². The number of carbonyl (C=O) groups is 1. The van der Waals surface area contributed by atoms with Crippen LogP contribution in [0, 0.1) is 0 Å². The fourth-order valence-electron chi connectivity index (χ4n) is 5.01. The van der Waals surface area contributed by atoms with Crippen molar-refractivity contribution in [2.75, 3.05) is 26.2 Å². The van der Waals surface area contributed by atoms with E-state index in [2.05, 4.69) is 70.7 Å². The van der Waals surface area contributed by atoms with Gasteiger partial charge in [0.2, 0.25) is 0 Å². The topological polar surface area (TPSA) is 70.2 Å². The average Bonchev–Trinajstić information content (AvgIpc) is 3.53. The van der Waals surface area contributed by atoms with E-state index in [9.17, 15) is 4.79 Å². The molecule has 2 N–H and O–H groups in total. The molecule has 5 rings (SSSR count). The number of benzene rings is 3. The predicted molar refractivity (Wildman–Crippen MR) is 142 cm³/mol. The Balaban J connectivity index is 1.35. The number of unbranched alkanes of at least 4 members (excludes halogenated alkanes) is 1. The molecule has 4 aromatic rings. The summed E-state index contributed by atoms with van der Waals surface area (Å²) in [5.41, 5.74) is 3.45. The van der Waals surface area contributed by atoms with Crippen molar-refractivity contribution in [3.63, 3.8) is 0 Å². The van der Waals surface area contributed by atoms with E-state index in [0.717, 1.165) is 64.7 Å². The molecule has 1 aromatic heterocycles. The number of nitrogens with one attached hydrogen (secondary N) is 2. The SMILES string of the molecule is CCCCNC(=O)c1ccc2[nH]nc(-c3ccc4cc(OCC5CCCN5CC)ccc4c3)c2c1. The fraction of sp³-hybridized carbons (Fsp3) is 0.379.